The van der Waals surface area contributed by atoms with Gasteiger partial charge in [0.25, 0.3) is 0 Å². The fraction of sp³-hybridized carbons (Fsp3) is 0.316. The smallest absolute Gasteiger partial charge is 0.340 e. The van der Waals surface area contributed by atoms with Gasteiger partial charge in [-0.15, -0.1) is 0 Å². The standard InChI is InChI=1S/C38H44N2O10/c1-37(27-13-9-7-10-14-27,39-23-25-17-19-29(45-3)31(21-25)47-5)49-35(43)33(41)34(42)36(44)50-38(2,28-15-11-8-12-16-28)40-24-26-18-20-30(46-4)32(22-26)48-6/h7-22,33-34,39-42H,23-24H2,1-6H3/t33?,34?,37-,38-/m0/s1. The SMILES string of the molecule is COc1ccc(CN[C@@](C)(OC(=O)C(O)C(O)C(=O)O[C@](C)(NCc2ccc(OC)c(OC)c2)c2ccccc2)c2ccccc2)cc1OC. The number of hydrogen-bond acceptors (Lipinski definition) is 12. The number of aliphatic hydroxyl groups is 2. The number of rotatable bonds is 17. The minimum Gasteiger partial charge on any atom is -0.493 e. The van der Waals surface area contributed by atoms with E-state index < -0.39 is 35.6 Å². The minimum absolute atomic E-state index is 0.209. The summed E-state index contributed by atoms with van der Waals surface area (Å²) in [4.78, 5) is 26.8. The van der Waals surface area contributed by atoms with Crippen molar-refractivity contribution in [2.45, 2.75) is 50.6 Å². The van der Waals surface area contributed by atoms with Crippen molar-refractivity contribution in [2.24, 2.45) is 0 Å². The molecule has 0 bridgehead atoms. The quantitative estimate of drug-likeness (QED) is 0.0931. The molecule has 266 valence electrons. The maximum absolute atomic E-state index is 13.4. The summed E-state index contributed by atoms with van der Waals surface area (Å²) in [6, 6.07) is 28.3. The molecule has 4 aromatic rings. The van der Waals surface area contributed by atoms with E-state index >= 15 is 0 Å². The Balaban J connectivity index is 1.50. The van der Waals surface area contributed by atoms with Crippen molar-refractivity contribution in [1.82, 2.24) is 10.6 Å². The van der Waals surface area contributed by atoms with Gasteiger partial charge in [-0.3, -0.25) is 10.6 Å². The molecular weight excluding hydrogens is 644 g/mol. The molecule has 0 amide bonds. The Labute approximate surface area is 291 Å². The second kappa shape index (κ2) is 17.0. The number of nitrogens with one attached hydrogen (secondary N) is 2. The van der Waals surface area contributed by atoms with Gasteiger partial charge < -0.3 is 38.6 Å². The van der Waals surface area contributed by atoms with Crippen LogP contribution in [0.3, 0.4) is 0 Å². The van der Waals surface area contributed by atoms with Crippen LogP contribution in [0.5, 0.6) is 23.0 Å². The Morgan fingerprint density at radius 1 is 0.560 bits per heavy atom. The van der Waals surface area contributed by atoms with Crippen LogP contribution < -0.4 is 29.6 Å². The molecule has 4 atom stereocenters. The van der Waals surface area contributed by atoms with Crippen LogP contribution in [0.15, 0.2) is 97.1 Å². The van der Waals surface area contributed by atoms with E-state index in [2.05, 4.69) is 10.6 Å². The van der Waals surface area contributed by atoms with E-state index in [1.165, 1.54) is 28.4 Å². The highest BCUT2D eigenvalue weighted by atomic mass is 16.6. The van der Waals surface area contributed by atoms with Crippen molar-refractivity contribution in [3.8, 4) is 23.0 Å². The highest BCUT2D eigenvalue weighted by Crippen LogP contribution is 2.31. The first kappa shape index (κ1) is 37.7. The van der Waals surface area contributed by atoms with Gasteiger partial charge in [-0.05, 0) is 49.2 Å². The van der Waals surface area contributed by atoms with Gasteiger partial charge in [0, 0.05) is 24.2 Å². The fourth-order valence-electron chi connectivity index (χ4n) is 5.21. The molecule has 12 heteroatoms. The van der Waals surface area contributed by atoms with Gasteiger partial charge in [-0.2, -0.15) is 0 Å². The lowest BCUT2D eigenvalue weighted by Crippen LogP contribution is -2.51. The van der Waals surface area contributed by atoms with E-state index in [1.54, 1.807) is 98.8 Å². The summed E-state index contributed by atoms with van der Waals surface area (Å²) in [7, 11) is 6.13. The number of benzene rings is 4. The van der Waals surface area contributed by atoms with Crippen LogP contribution in [0.1, 0.15) is 36.1 Å². The summed E-state index contributed by atoms with van der Waals surface area (Å²) in [5.74, 6) is -0.361. The van der Waals surface area contributed by atoms with Crippen molar-refractivity contribution in [1.29, 1.82) is 0 Å². The molecule has 0 fully saturated rings. The number of hydrogen-bond donors (Lipinski definition) is 4. The third-order valence-corrected chi connectivity index (χ3v) is 8.20. The summed E-state index contributed by atoms with van der Waals surface area (Å²) < 4.78 is 33.0. The van der Waals surface area contributed by atoms with Crippen LogP contribution in [-0.2, 0) is 43.6 Å². The topological polar surface area (TPSA) is 154 Å². The highest BCUT2D eigenvalue weighted by molar-refractivity contribution is 5.85. The molecule has 0 aliphatic rings. The molecule has 0 aliphatic heterocycles. The number of carbonyl (C=O) groups is 2. The average molecular weight is 689 g/mol. The van der Waals surface area contributed by atoms with Gasteiger partial charge in [-0.1, -0.05) is 72.8 Å². The largest absolute Gasteiger partial charge is 0.493 e. The molecule has 0 saturated heterocycles. The van der Waals surface area contributed by atoms with Crippen LogP contribution in [-0.4, -0.2) is 62.8 Å². The molecule has 50 heavy (non-hydrogen) atoms. The van der Waals surface area contributed by atoms with E-state index in [9.17, 15) is 19.8 Å². The van der Waals surface area contributed by atoms with Gasteiger partial charge in [-0.25, -0.2) is 9.59 Å². The lowest BCUT2D eigenvalue weighted by Gasteiger charge is -2.34. The number of aliphatic hydroxyl groups excluding tert-OH is 2. The van der Waals surface area contributed by atoms with E-state index in [0.29, 0.717) is 34.1 Å². The molecule has 0 saturated carbocycles. The van der Waals surface area contributed by atoms with E-state index in [-0.39, 0.29) is 13.1 Å². The predicted molar refractivity (Wildman–Crippen MR) is 185 cm³/mol. The first-order valence-corrected chi connectivity index (χ1v) is 15.8. The van der Waals surface area contributed by atoms with Crippen LogP contribution in [0, 0.1) is 0 Å². The molecule has 4 aromatic carbocycles. The number of carbonyl (C=O) groups excluding carboxylic acids is 2. The zero-order chi connectivity index (χ0) is 36.3. The lowest BCUT2D eigenvalue weighted by molar-refractivity contribution is -0.193. The summed E-state index contributed by atoms with van der Waals surface area (Å²) in [5, 5.41) is 28.3. The fourth-order valence-corrected chi connectivity index (χ4v) is 5.21. The monoisotopic (exact) mass is 688 g/mol. The Morgan fingerprint density at radius 2 is 0.900 bits per heavy atom. The van der Waals surface area contributed by atoms with E-state index in [4.69, 9.17) is 28.4 Å². The molecule has 0 spiro atoms. The number of esters is 2. The van der Waals surface area contributed by atoms with Gasteiger partial charge >= 0.3 is 11.9 Å². The molecular formula is C38H44N2O10. The zero-order valence-corrected chi connectivity index (χ0v) is 29.0. The first-order valence-electron chi connectivity index (χ1n) is 15.8. The van der Waals surface area contributed by atoms with Crippen molar-refractivity contribution >= 4 is 11.9 Å². The molecule has 0 radical (unpaired) electrons. The second-order valence-corrected chi connectivity index (χ2v) is 11.6. The molecule has 0 heterocycles. The third-order valence-electron chi connectivity index (χ3n) is 8.20. The maximum Gasteiger partial charge on any atom is 0.340 e. The number of methoxy groups -OCH3 is 4. The molecule has 4 rings (SSSR count). The maximum atomic E-state index is 13.4. The van der Waals surface area contributed by atoms with Crippen LogP contribution >= 0.6 is 0 Å². The van der Waals surface area contributed by atoms with Crippen LogP contribution in [0.4, 0.5) is 0 Å². The van der Waals surface area contributed by atoms with Gasteiger partial charge in [0.05, 0.1) is 28.4 Å². The van der Waals surface area contributed by atoms with Crippen molar-refractivity contribution in [2.75, 3.05) is 28.4 Å². The van der Waals surface area contributed by atoms with Crippen LogP contribution in [0.25, 0.3) is 0 Å². The predicted octanol–water partition coefficient (Wildman–Crippen LogP) is 4.15. The van der Waals surface area contributed by atoms with E-state index in [0.717, 1.165) is 11.1 Å². The average Bonchev–Trinajstić information content (AvgIpc) is 3.15. The minimum atomic E-state index is -2.28. The Kier molecular flexibility index (Phi) is 12.8. The van der Waals surface area contributed by atoms with Crippen molar-refractivity contribution in [3.63, 3.8) is 0 Å². The Morgan fingerprint density at radius 3 is 1.22 bits per heavy atom. The zero-order valence-electron chi connectivity index (χ0n) is 29.0. The summed E-state index contributed by atoms with van der Waals surface area (Å²) in [6.45, 7) is 3.62. The van der Waals surface area contributed by atoms with E-state index in [1.807, 2.05) is 12.1 Å². The summed E-state index contributed by atoms with van der Waals surface area (Å²) in [6.07, 6.45) is -4.56. The summed E-state index contributed by atoms with van der Waals surface area (Å²) >= 11 is 0. The normalized spacial score (nSPS) is 14.6. The molecule has 4 N–H and O–H groups in total. The van der Waals surface area contributed by atoms with Crippen molar-refractivity contribution in [3.05, 3.63) is 119 Å². The van der Waals surface area contributed by atoms with Crippen molar-refractivity contribution < 1.29 is 48.2 Å². The van der Waals surface area contributed by atoms with Gasteiger partial charge in [0.2, 0.25) is 0 Å². The first-order chi connectivity index (χ1) is 24.0. The summed E-state index contributed by atoms with van der Waals surface area (Å²) in [5.41, 5.74) is -0.314. The van der Waals surface area contributed by atoms with Gasteiger partial charge in [0.15, 0.2) is 46.7 Å². The Hall–Kier alpha value is -5.14. The lowest BCUT2D eigenvalue weighted by atomic mass is 10.0. The van der Waals surface area contributed by atoms with Crippen LogP contribution in [0.2, 0.25) is 0 Å². The second-order valence-electron chi connectivity index (χ2n) is 11.6. The molecule has 0 aromatic heterocycles. The molecule has 12 nitrogen and oxygen atoms in total. The van der Waals surface area contributed by atoms with Gasteiger partial charge in [0.1, 0.15) is 0 Å². The Bertz CT molecular complexity index is 1590. The molecule has 0 aliphatic carbocycles. The highest BCUT2D eigenvalue weighted by Gasteiger charge is 2.41. The molecule has 2 unspecified atom stereocenters. The third kappa shape index (κ3) is 9.10. The number of ether oxygens (including phenoxy) is 6.